The zero-order chi connectivity index (χ0) is 16.9. The minimum Gasteiger partial charge on any atom is -0.368 e. The van der Waals surface area contributed by atoms with E-state index in [1.54, 1.807) is 24.3 Å². The summed E-state index contributed by atoms with van der Waals surface area (Å²) in [5, 5.41) is 11.7. The largest absolute Gasteiger partial charge is 0.368 e. The molecule has 3 rings (SSSR count). The molecule has 1 heterocycles. The van der Waals surface area contributed by atoms with Gasteiger partial charge in [0.2, 0.25) is 0 Å². The van der Waals surface area contributed by atoms with E-state index in [9.17, 15) is 4.79 Å². The molecule has 1 saturated heterocycles. The van der Waals surface area contributed by atoms with Crippen LogP contribution in [0.2, 0.25) is 0 Å². The van der Waals surface area contributed by atoms with Gasteiger partial charge in [-0.25, -0.2) is 4.79 Å². The Morgan fingerprint density at radius 1 is 1.04 bits per heavy atom. The molecule has 0 atom stereocenters. The first kappa shape index (κ1) is 15.9. The molecule has 1 N–H and O–H groups in total. The van der Waals surface area contributed by atoms with Crippen LogP contribution in [0.4, 0.5) is 16.2 Å². The van der Waals surface area contributed by atoms with Gasteiger partial charge in [0.15, 0.2) is 0 Å². The van der Waals surface area contributed by atoms with Crippen LogP contribution in [0.25, 0.3) is 0 Å². The highest BCUT2D eigenvalue weighted by molar-refractivity contribution is 5.89. The molecule has 1 aliphatic heterocycles. The summed E-state index contributed by atoms with van der Waals surface area (Å²) in [4.78, 5) is 16.5. The van der Waals surface area contributed by atoms with E-state index in [4.69, 9.17) is 5.26 Å². The Hall–Kier alpha value is -3.00. The molecule has 2 amide bonds. The Balaban J connectivity index is 1.57. The van der Waals surface area contributed by atoms with Crippen molar-refractivity contribution in [3.05, 3.63) is 59.7 Å². The topological polar surface area (TPSA) is 59.4 Å². The Bertz CT molecular complexity index is 756. The monoisotopic (exact) mass is 320 g/mol. The van der Waals surface area contributed by atoms with E-state index < -0.39 is 0 Å². The lowest BCUT2D eigenvalue weighted by Gasteiger charge is -2.36. The van der Waals surface area contributed by atoms with Gasteiger partial charge in [-0.05, 0) is 42.8 Å². The summed E-state index contributed by atoms with van der Waals surface area (Å²) < 4.78 is 0. The van der Waals surface area contributed by atoms with Crippen molar-refractivity contribution in [1.29, 1.82) is 5.26 Å². The van der Waals surface area contributed by atoms with Gasteiger partial charge in [-0.2, -0.15) is 5.26 Å². The molecule has 122 valence electrons. The van der Waals surface area contributed by atoms with Crippen LogP contribution < -0.4 is 10.2 Å². The number of nitriles is 1. The molecule has 0 radical (unpaired) electrons. The molecule has 24 heavy (non-hydrogen) atoms. The Morgan fingerprint density at radius 2 is 1.71 bits per heavy atom. The first-order valence-corrected chi connectivity index (χ1v) is 8.04. The number of benzene rings is 2. The van der Waals surface area contributed by atoms with Crippen molar-refractivity contribution in [2.45, 2.75) is 6.92 Å². The number of anilines is 2. The van der Waals surface area contributed by atoms with E-state index in [0.29, 0.717) is 24.3 Å². The second-order valence-electron chi connectivity index (χ2n) is 5.88. The molecule has 1 aliphatic rings. The van der Waals surface area contributed by atoms with Crippen LogP contribution in [0.1, 0.15) is 11.1 Å². The summed E-state index contributed by atoms with van der Waals surface area (Å²) in [6, 6.07) is 17.2. The smallest absolute Gasteiger partial charge is 0.321 e. The third-order valence-corrected chi connectivity index (χ3v) is 4.29. The average molecular weight is 320 g/mol. The number of nitrogens with one attached hydrogen (secondary N) is 1. The Kier molecular flexibility index (Phi) is 4.66. The van der Waals surface area contributed by atoms with Crippen LogP contribution >= 0.6 is 0 Å². The lowest BCUT2D eigenvalue weighted by molar-refractivity contribution is 0.208. The molecular weight excluding hydrogens is 300 g/mol. The van der Waals surface area contributed by atoms with E-state index in [0.717, 1.165) is 13.1 Å². The molecule has 0 unspecified atom stereocenters. The molecule has 0 saturated carbocycles. The number of aryl methyl sites for hydroxylation is 1. The average Bonchev–Trinajstić information content (AvgIpc) is 2.63. The lowest BCUT2D eigenvalue weighted by Crippen LogP contribution is -2.50. The van der Waals surface area contributed by atoms with Crippen molar-refractivity contribution < 1.29 is 4.79 Å². The summed E-state index contributed by atoms with van der Waals surface area (Å²) >= 11 is 0. The maximum absolute atomic E-state index is 12.4. The number of urea groups is 1. The number of para-hydroxylation sites is 1. The zero-order valence-electron chi connectivity index (χ0n) is 13.7. The Labute approximate surface area is 142 Å². The van der Waals surface area contributed by atoms with Crippen LogP contribution in [-0.2, 0) is 0 Å². The maximum Gasteiger partial charge on any atom is 0.321 e. The van der Waals surface area contributed by atoms with Gasteiger partial charge in [0.25, 0.3) is 0 Å². The number of carbonyl (C=O) groups excluding carboxylic acids is 1. The number of hydrogen-bond acceptors (Lipinski definition) is 3. The van der Waals surface area contributed by atoms with E-state index in [-0.39, 0.29) is 6.03 Å². The van der Waals surface area contributed by atoms with E-state index in [1.807, 2.05) is 17.0 Å². The SMILES string of the molecule is Cc1ccccc1N1CCN(C(=O)Nc2ccc(C#N)cc2)CC1. The summed E-state index contributed by atoms with van der Waals surface area (Å²) in [5.74, 6) is 0. The van der Waals surface area contributed by atoms with Gasteiger partial charge < -0.3 is 15.1 Å². The zero-order valence-corrected chi connectivity index (χ0v) is 13.7. The Morgan fingerprint density at radius 3 is 2.33 bits per heavy atom. The van der Waals surface area contributed by atoms with Crippen LogP contribution in [0.5, 0.6) is 0 Å². The first-order chi connectivity index (χ1) is 11.7. The highest BCUT2D eigenvalue weighted by atomic mass is 16.2. The van der Waals surface area contributed by atoms with Gasteiger partial charge >= 0.3 is 6.03 Å². The second kappa shape index (κ2) is 7.05. The highest BCUT2D eigenvalue weighted by Crippen LogP contribution is 2.21. The van der Waals surface area contributed by atoms with Gasteiger partial charge in [0.05, 0.1) is 11.6 Å². The van der Waals surface area contributed by atoms with Crippen LogP contribution in [-0.4, -0.2) is 37.1 Å². The maximum atomic E-state index is 12.4. The predicted molar refractivity (Wildman–Crippen MR) is 95.1 cm³/mol. The van der Waals surface area contributed by atoms with E-state index >= 15 is 0 Å². The van der Waals surface area contributed by atoms with Gasteiger partial charge in [-0.1, -0.05) is 18.2 Å². The number of amides is 2. The molecule has 2 aromatic carbocycles. The second-order valence-corrected chi connectivity index (χ2v) is 5.88. The summed E-state index contributed by atoms with van der Waals surface area (Å²) in [5.41, 5.74) is 3.79. The van der Waals surface area contributed by atoms with Crippen molar-refractivity contribution in [2.24, 2.45) is 0 Å². The van der Waals surface area contributed by atoms with Gasteiger partial charge in [-0.3, -0.25) is 0 Å². The third kappa shape index (κ3) is 3.49. The van der Waals surface area contributed by atoms with Gasteiger partial charge in [-0.15, -0.1) is 0 Å². The molecule has 2 aromatic rings. The number of carbonyl (C=O) groups is 1. The number of piperazine rings is 1. The number of nitrogens with zero attached hydrogens (tertiary/aromatic N) is 3. The standard InChI is InChI=1S/C19H20N4O/c1-15-4-2-3-5-18(15)22-10-12-23(13-11-22)19(24)21-17-8-6-16(14-20)7-9-17/h2-9H,10-13H2,1H3,(H,21,24). The molecular formula is C19H20N4O. The van der Waals surface area contributed by atoms with Crippen molar-refractivity contribution in [1.82, 2.24) is 4.90 Å². The van der Waals surface area contributed by atoms with Crippen LogP contribution in [0.3, 0.4) is 0 Å². The van der Waals surface area contributed by atoms with Crippen LogP contribution in [0, 0.1) is 18.3 Å². The summed E-state index contributed by atoms with van der Waals surface area (Å²) in [6.45, 7) is 5.14. The van der Waals surface area contributed by atoms with E-state index in [2.05, 4.69) is 35.3 Å². The quantitative estimate of drug-likeness (QED) is 0.924. The normalized spacial score (nSPS) is 14.2. The molecule has 0 bridgehead atoms. The third-order valence-electron chi connectivity index (χ3n) is 4.29. The van der Waals surface area contributed by atoms with Crippen molar-refractivity contribution >= 4 is 17.4 Å². The molecule has 1 fully saturated rings. The first-order valence-electron chi connectivity index (χ1n) is 8.04. The van der Waals surface area contributed by atoms with Crippen molar-refractivity contribution in [3.63, 3.8) is 0 Å². The van der Waals surface area contributed by atoms with Crippen LogP contribution in [0.15, 0.2) is 48.5 Å². The summed E-state index contributed by atoms with van der Waals surface area (Å²) in [6.07, 6.45) is 0. The summed E-state index contributed by atoms with van der Waals surface area (Å²) in [7, 11) is 0. The number of rotatable bonds is 2. The fraction of sp³-hybridized carbons (Fsp3) is 0.263. The lowest BCUT2D eigenvalue weighted by atomic mass is 10.1. The molecule has 0 aromatic heterocycles. The van der Waals surface area contributed by atoms with Gasteiger partial charge in [0.1, 0.15) is 0 Å². The van der Waals surface area contributed by atoms with Gasteiger partial charge in [0, 0.05) is 37.6 Å². The molecule has 0 spiro atoms. The van der Waals surface area contributed by atoms with Crippen molar-refractivity contribution in [2.75, 3.05) is 36.4 Å². The fourth-order valence-electron chi connectivity index (χ4n) is 2.90. The van der Waals surface area contributed by atoms with Crippen molar-refractivity contribution in [3.8, 4) is 6.07 Å². The highest BCUT2D eigenvalue weighted by Gasteiger charge is 2.21. The minimum atomic E-state index is -0.0934. The molecule has 0 aliphatic carbocycles. The molecule has 5 heteroatoms. The van der Waals surface area contributed by atoms with E-state index in [1.165, 1.54) is 11.3 Å². The minimum absolute atomic E-state index is 0.0934. The predicted octanol–water partition coefficient (Wildman–Crippen LogP) is 3.22. The number of hydrogen-bond donors (Lipinski definition) is 1. The fourth-order valence-corrected chi connectivity index (χ4v) is 2.90. The molecule has 5 nitrogen and oxygen atoms in total.